The Labute approximate surface area is 215 Å². The highest BCUT2D eigenvalue weighted by molar-refractivity contribution is 6.01. The van der Waals surface area contributed by atoms with E-state index in [1.807, 2.05) is 0 Å². The van der Waals surface area contributed by atoms with Crippen LogP contribution in [0.2, 0.25) is 0 Å². The average Bonchev–Trinajstić information content (AvgIpc) is 3.28. The number of aliphatic hydroxyl groups excluding tert-OH is 1. The van der Waals surface area contributed by atoms with E-state index in [2.05, 4.69) is 16.0 Å². The topological polar surface area (TPSA) is 157 Å². The summed E-state index contributed by atoms with van der Waals surface area (Å²) in [5.74, 6) is -2.02. The summed E-state index contributed by atoms with van der Waals surface area (Å²) in [5, 5.41) is 17.9. The van der Waals surface area contributed by atoms with Gasteiger partial charge < -0.3 is 35.6 Å². The number of likely N-dealkylation sites (N-methyl/N-ethyl adjacent to an activating group) is 1. The molecule has 1 fully saturated rings. The zero-order chi connectivity index (χ0) is 26.9. The van der Waals surface area contributed by atoms with E-state index in [0.29, 0.717) is 25.9 Å². The minimum Gasteiger partial charge on any atom is -0.491 e. The van der Waals surface area contributed by atoms with E-state index < -0.39 is 48.2 Å². The molecule has 3 atom stereocenters. The molecule has 2 aliphatic rings. The molecule has 202 valence electrons. The highest BCUT2D eigenvalue weighted by atomic mass is 16.5. The Bertz CT molecular complexity index is 1010. The molecule has 1 aromatic carbocycles. The molecule has 4 N–H and O–H groups in total. The van der Waals surface area contributed by atoms with E-state index >= 15 is 0 Å². The molecule has 5 amide bonds. The van der Waals surface area contributed by atoms with Gasteiger partial charge in [0.2, 0.25) is 23.6 Å². The minimum absolute atomic E-state index is 0.0659. The maximum absolute atomic E-state index is 13.1. The molecule has 0 aromatic heterocycles. The van der Waals surface area contributed by atoms with Crippen LogP contribution in [-0.4, -0.2) is 102 Å². The van der Waals surface area contributed by atoms with Gasteiger partial charge in [-0.25, -0.2) is 0 Å². The van der Waals surface area contributed by atoms with Crippen molar-refractivity contribution >= 4 is 29.5 Å². The normalized spacial score (nSPS) is 22.4. The lowest BCUT2D eigenvalue weighted by molar-refractivity contribution is -0.139. The van der Waals surface area contributed by atoms with E-state index in [4.69, 9.17) is 4.74 Å². The third-order valence-electron chi connectivity index (χ3n) is 6.34. The predicted molar refractivity (Wildman–Crippen MR) is 132 cm³/mol. The second-order valence-corrected chi connectivity index (χ2v) is 9.25. The summed E-state index contributed by atoms with van der Waals surface area (Å²) in [4.78, 5) is 66.6. The van der Waals surface area contributed by atoms with Crippen LogP contribution < -0.4 is 20.7 Å². The molecular formula is C25H35N5O7. The van der Waals surface area contributed by atoms with Crippen LogP contribution in [0.5, 0.6) is 5.75 Å². The average molecular weight is 518 g/mol. The van der Waals surface area contributed by atoms with Gasteiger partial charge in [0.25, 0.3) is 5.91 Å². The zero-order valence-corrected chi connectivity index (χ0v) is 21.2. The number of aliphatic hydroxyl groups is 1. The van der Waals surface area contributed by atoms with Crippen molar-refractivity contribution in [3.05, 3.63) is 29.8 Å². The van der Waals surface area contributed by atoms with Crippen molar-refractivity contribution < 1.29 is 33.8 Å². The highest BCUT2D eigenvalue weighted by Gasteiger charge is 2.32. The van der Waals surface area contributed by atoms with Crippen LogP contribution in [0.4, 0.5) is 0 Å². The number of rotatable bonds is 6. The van der Waals surface area contributed by atoms with E-state index in [1.165, 1.54) is 24.9 Å². The summed E-state index contributed by atoms with van der Waals surface area (Å²) in [6.07, 6.45) is 0.235. The molecule has 0 bridgehead atoms. The summed E-state index contributed by atoms with van der Waals surface area (Å²) >= 11 is 0. The smallest absolute Gasteiger partial charge is 0.255 e. The standard InChI is InChI=1S/C25H35N5O7/c1-16(31)22-25(36)29(2)13-14-37-19-8-4-3-7-17(19)23(34)27-18(15-20(32)28-22)24(35)26-10-6-12-30-11-5-9-21(30)33/h3-4,7-8,16,18,22,31H,5-6,9-15H2,1-2H3,(H,26,35)(H,27,34)(H,28,32)/t16-,18+,22+/m1/s1. The zero-order valence-electron chi connectivity index (χ0n) is 21.2. The lowest BCUT2D eigenvalue weighted by Gasteiger charge is -2.28. The van der Waals surface area contributed by atoms with Crippen LogP contribution in [-0.2, 0) is 19.2 Å². The van der Waals surface area contributed by atoms with Crippen molar-refractivity contribution in [2.45, 2.75) is 50.8 Å². The van der Waals surface area contributed by atoms with Crippen molar-refractivity contribution in [3.8, 4) is 5.75 Å². The van der Waals surface area contributed by atoms with Gasteiger partial charge in [0, 0.05) is 33.1 Å². The summed E-state index contributed by atoms with van der Waals surface area (Å²) in [6, 6.07) is 4.00. The van der Waals surface area contributed by atoms with Crippen LogP contribution in [0, 0.1) is 0 Å². The lowest BCUT2D eigenvalue weighted by Crippen LogP contribution is -2.55. The van der Waals surface area contributed by atoms with Crippen LogP contribution in [0.25, 0.3) is 0 Å². The first kappa shape index (κ1) is 27.9. The van der Waals surface area contributed by atoms with Gasteiger partial charge in [-0.05, 0) is 31.9 Å². The Hall–Kier alpha value is -3.67. The summed E-state index contributed by atoms with van der Waals surface area (Å²) < 4.78 is 5.73. The lowest BCUT2D eigenvalue weighted by atomic mass is 10.1. The number of ether oxygens (including phenoxy) is 1. The minimum atomic E-state index is -1.25. The number of nitrogens with zero attached hydrogens (tertiary/aromatic N) is 2. The molecule has 1 aromatic rings. The first-order valence-corrected chi connectivity index (χ1v) is 12.5. The van der Waals surface area contributed by atoms with Crippen LogP contribution in [0.1, 0.15) is 43.0 Å². The number of benzene rings is 1. The van der Waals surface area contributed by atoms with Crippen molar-refractivity contribution in [1.29, 1.82) is 0 Å². The number of likely N-dealkylation sites (tertiary alicyclic amines) is 1. The molecule has 12 nitrogen and oxygen atoms in total. The largest absolute Gasteiger partial charge is 0.491 e. The predicted octanol–water partition coefficient (Wildman–Crippen LogP) is -0.980. The van der Waals surface area contributed by atoms with Crippen molar-refractivity contribution in [1.82, 2.24) is 25.8 Å². The van der Waals surface area contributed by atoms with Gasteiger partial charge in [-0.1, -0.05) is 12.1 Å². The fraction of sp³-hybridized carbons (Fsp3) is 0.560. The number of para-hydroxylation sites is 1. The summed E-state index contributed by atoms with van der Waals surface area (Å²) in [7, 11) is 1.52. The van der Waals surface area contributed by atoms with Gasteiger partial charge in [0.05, 0.1) is 24.6 Å². The number of amides is 5. The first-order valence-electron chi connectivity index (χ1n) is 12.5. The molecular weight excluding hydrogens is 482 g/mol. The third kappa shape index (κ3) is 7.66. The molecule has 3 rings (SSSR count). The Morgan fingerprint density at radius 3 is 2.65 bits per heavy atom. The molecule has 0 unspecified atom stereocenters. The highest BCUT2D eigenvalue weighted by Crippen LogP contribution is 2.18. The van der Waals surface area contributed by atoms with Crippen LogP contribution >= 0.6 is 0 Å². The number of carbonyl (C=O) groups excluding carboxylic acids is 5. The quantitative estimate of drug-likeness (QED) is 0.353. The van der Waals surface area contributed by atoms with Gasteiger partial charge >= 0.3 is 0 Å². The van der Waals surface area contributed by atoms with Crippen molar-refractivity contribution in [2.75, 3.05) is 39.8 Å². The molecule has 1 saturated heterocycles. The molecule has 0 saturated carbocycles. The molecule has 0 radical (unpaired) electrons. The second-order valence-electron chi connectivity index (χ2n) is 9.25. The fourth-order valence-electron chi connectivity index (χ4n) is 4.22. The van der Waals surface area contributed by atoms with Gasteiger partial charge in [-0.15, -0.1) is 0 Å². The van der Waals surface area contributed by atoms with Crippen molar-refractivity contribution in [3.63, 3.8) is 0 Å². The van der Waals surface area contributed by atoms with Crippen LogP contribution in [0.3, 0.4) is 0 Å². The molecule has 2 heterocycles. The molecule has 2 aliphatic heterocycles. The maximum Gasteiger partial charge on any atom is 0.255 e. The van der Waals surface area contributed by atoms with E-state index in [1.54, 1.807) is 23.1 Å². The molecule has 37 heavy (non-hydrogen) atoms. The fourth-order valence-corrected chi connectivity index (χ4v) is 4.22. The number of carbonyl (C=O) groups is 5. The van der Waals surface area contributed by atoms with E-state index in [0.717, 1.165) is 6.42 Å². The molecule has 0 aliphatic carbocycles. The van der Waals surface area contributed by atoms with E-state index in [-0.39, 0.29) is 36.9 Å². The summed E-state index contributed by atoms with van der Waals surface area (Å²) in [5.41, 5.74) is 0.182. The summed E-state index contributed by atoms with van der Waals surface area (Å²) in [6.45, 7) is 3.05. The molecule has 12 heteroatoms. The van der Waals surface area contributed by atoms with E-state index in [9.17, 15) is 29.1 Å². The second kappa shape index (κ2) is 13.0. The molecule has 0 spiro atoms. The Balaban J connectivity index is 1.75. The third-order valence-corrected chi connectivity index (χ3v) is 6.34. The Morgan fingerprint density at radius 1 is 1.19 bits per heavy atom. The number of hydrogen-bond acceptors (Lipinski definition) is 7. The number of hydrogen-bond donors (Lipinski definition) is 4. The van der Waals surface area contributed by atoms with Crippen molar-refractivity contribution in [2.24, 2.45) is 0 Å². The van der Waals surface area contributed by atoms with Crippen LogP contribution in [0.15, 0.2) is 24.3 Å². The Morgan fingerprint density at radius 2 is 1.95 bits per heavy atom. The first-order chi connectivity index (χ1) is 17.7. The number of nitrogens with one attached hydrogen (secondary N) is 3. The number of fused-ring (bicyclic) bond motifs is 1. The maximum atomic E-state index is 13.1. The SMILES string of the molecule is C[C@@H](O)[C@@H]1NC(=O)C[C@@H](C(=O)NCCCN2CCCC2=O)NC(=O)c2ccccc2OCCN(C)C1=O. The van der Waals surface area contributed by atoms with Gasteiger partial charge in [-0.3, -0.25) is 24.0 Å². The van der Waals surface area contributed by atoms with Gasteiger partial charge in [0.15, 0.2) is 0 Å². The monoisotopic (exact) mass is 517 g/mol. The Kier molecular flexibility index (Phi) is 9.84. The van der Waals surface area contributed by atoms with Gasteiger partial charge in [0.1, 0.15) is 24.4 Å². The van der Waals surface area contributed by atoms with Gasteiger partial charge in [-0.2, -0.15) is 0 Å².